The predicted molar refractivity (Wildman–Crippen MR) is 137 cm³/mol. The second kappa shape index (κ2) is 9.84. The molecular formula is C26H22N4O2S2. The smallest absolute Gasteiger partial charge is 0.263 e. The van der Waals surface area contributed by atoms with Crippen molar-refractivity contribution in [3.8, 4) is 6.07 Å². The van der Waals surface area contributed by atoms with E-state index in [0.717, 1.165) is 40.6 Å². The van der Waals surface area contributed by atoms with Gasteiger partial charge in [-0.05, 0) is 48.9 Å². The van der Waals surface area contributed by atoms with Crippen LogP contribution in [0.5, 0.6) is 0 Å². The first-order valence-corrected chi connectivity index (χ1v) is 12.9. The summed E-state index contributed by atoms with van der Waals surface area (Å²) < 4.78 is 1.72. The quantitative estimate of drug-likeness (QED) is 0.300. The minimum Gasteiger partial charge on any atom is -0.324 e. The summed E-state index contributed by atoms with van der Waals surface area (Å²) in [4.78, 5) is 33.1. The van der Waals surface area contributed by atoms with Gasteiger partial charge in [-0.25, -0.2) is 4.98 Å². The summed E-state index contributed by atoms with van der Waals surface area (Å²) in [5.41, 5.74) is 3.18. The number of benzene rings is 2. The van der Waals surface area contributed by atoms with Gasteiger partial charge < -0.3 is 5.32 Å². The van der Waals surface area contributed by atoms with Gasteiger partial charge in [-0.15, -0.1) is 11.3 Å². The highest BCUT2D eigenvalue weighted by Crippen LogP contribution is 2.35. The van der Waals surface area contributed by atoms with Crippen LogP contribution in [0.4, 0.5) is 5.69 Å². The summed E-state index contributed by atoms with van der Waals surface area (Å²) in [7, 11) is 0. The Hall–Kier alpha value is -3.41. The number of aromatic nitrogens is 2. The number of amides is 1. The number of anilines is 1. The topological polar surface area (TPSA) is 87.8 Å². The number of rotatable bonds is 7. The molecule has 0 bridgehead atoms. The van der Waals surface area contributed by atoms with E-state index >= 15 is 0 Å². The number of nitriles is 1. The third kappa shape index (κ3) is 4.49. The van der Waals surface area contributed by atoms with Crippen LogP contribution in [0.15, 0.2) is 64.5 Å². The molecule has 0 atom stereocenters. The average Bonchev–Trinajstić information content (AvgIpc) is 3.44. The Balaban J connectivity index is 1.42. The fourth-order valence-electron chi connectivity index (χ4n) is 4.26. The van der Waals surface area contributed by atoms with Crippen LogP contribution < -0.4 is 10.9 Å². The Kier molecular flexibility index (Phi) is 6.48. The van der Waals surface area contributed by atoms with Gasteiger partial charge in [0.1, 0.15) is 10.9 Å². The number of para-hydroxylation sites is 1. The third-order valence-electron chi connectivity index (χ3n) is 5.91. The number of thioether (sulfide) groups is 1. The van der Waals surface area contributed by atoms with Gasteiger partial charge in [-0.3, -0.25) is 14.2 Å². The number of hydrogen-bond acceptors (Lipinski definition) is 6. The highest BCUT2D eigenvalue weighted by Gasteiger charge is 2.23. The molecule has 4 aromatic rings. The van der Waals surface area contributed by atoms with E-state index < -0.39 is 0 Å². The fourth-order valence-corrected chi connectivity index (χ4v) is 6.38. The van der Waals surface area contributed by atoms with Gasteiger partial charge in [0.15, 0.2) is 5.16 Å². The van der Waals surface area contributed by atoms with E-state index in [1.807, 2.05) is 30.3 Å². The zero-order valence-electron chi connectivity index (χ0n) is 18.4. The minimum absolute atomic E-state index is 0.0157. The summed E-state index contributed by atoms with van der Waals surface area (Å²) in [5.74, 6) is -0.154. The molecule has 0 unspecified atom stereocenters. The summed E-state index contributed by atoms with van der Waals surface area (Å²) in [6.45, 7) is 0.498. The van der Waals surface area contributed by atoms with Gasteiger partial charge in [0.05, 0.1) is 22.4 Å². The van der Waals surface area contributed by atoms with Crippen LogP contribution in [0.2, 0.25) is 0 Å². The molecule has 1 aliphatic rings. The highest BCUT2D eigenvalue weighted by molar-refractivity contribution is 7.99. The van der Waals surface area contributed by atoms with Crippen molar-refractivity contribution in [2.45, 2.75) is 37.4 Å². The van der Waals surface area contributed by atoms with E-state index in [1.165, 1.54) is 16.6 Å². The normalized spacial score (nSPS) is 12.4. The molecule has 0 radical (unpaired) electrons. The largest absolute Gasteiger partial charge is 0.324 e. The molecular weight excluding hydrogens is 464 g/mol. The number of carbonyl (C=O) groups is 1. The van der Waals surface area contributed by atoms with Gasteiger partial charge in [0.25, 0.3) is 5.56 Å². The van der Waals surface area contributed by atoms with Crippen LogP contribution in [0.1, 0.15) is 28.0 Å². The van der Waals surface area contributed by atoms with Gasteiger partial charge in [0.2, 0.25) is 5.91 Å². The molecule has 34 heavy (non-hydrogen) atoms. The monoisotopic (exact) mass is 486 g/mol. The van der Waals surface area contributed by atoms with Crippen molar-refractivity contribution < 1.29 is 4.79 Å². The molecule has 6 nitrogen and oxygen atoms in total. The van der Waals surface area contributed by atoms with Crippen LogP contribution in [0.25, 0.3) is 10.2 Å². The maximum absolute atomic E-state index is 13.6. The van der Waals surface area contributed by atoms with E-state index in [1.54, 1.807) is 40.2 Å². The van der Waals surface area contributed by atoms with Gasteiger partial charge in [0, 0.05) is 11.4 Å². The number of nitrogens with one attached hydrogen (secondary N) is 1. The van der Waals surface area contributed by atoms with E-state index in [0.29, 0.717) is 29.4 Å². The molecule has 0 saturated carbocycles. The SMILES string of the molecule is N#Cc1ccccc1NC(=O)CSc1nc2sc3c(c2c(=O)n1CCc1ccccc1)CCC3. The summed E-state index contributed by atoms with van der Waals surface area (Å²) >= 11 is 2.86. The molecule has 1 amide bonds. The lowest BCUT2D eigenvalue weighted by Gasteiger charge is -2.13. The number of nitrogens with zero attached hydrogens (tertiary/aromatic N) is 3. The minimum atomic E-state index is -0.245. The lowest BCUT2D eigenvalue weighted by atomic mass is 10.1. The molecule has 1 N–H and O–H groups in total. The average molecular weight is 487 g/mol. The summed E-state index contributed by atoms with van der Waals surface area (Å²) in [5, 5.41) is 13.4. The maximum Gasteiger partial charge on any atom is 0.263 e. The Morgan fingerprint density at radius 3 is 2.76 bits per heavy atom. The standard InChI is InChI=1S/C26H22N4O2S2/c27-15-18-9-4-5-11-20(18)28-22(31)16-33-26-29-24-23(19-10-6-12-21(19)34-24)25(32)30(26)14-13-17-7-2-1-3-8-17/h1-5,7-9,11H,6,10,12-14,16H2,(H,28,31). The molecule has 0 spiro atoms. The first-order chi connectivity index (χ1) is 16.6. The number of fused-ring (bicyclic) bond motifs is 3. The molecule has 8 heteroatoms. The van der Waals surface area contributed by atoms with Crippen molar-refractivity contribution in [1.82, 2.24) is 9.55 Å². The van der Waals surface area contributed by atoms with E-state index in [2.05, 4.69) is 11.4 Å². The Labute approximate surface area is 205 Å². The van der Waals surface area contributed by atoms with Crippen LogP contribution >= 0.6 is 23.1 Å². The van der Waals surface area contributed by atoms with Crippen molar-refractivity contribution in [3.63, 3.8) is 0 Å². The number of aryl methyl sites for hydroxylation is 3. The number of thiophene rings is 1. The van der Waals surface area contributed by atoms with Crippen molar-refractivity contribution >= 4 is 44.9 Å². The predicted octanol–water partition coefficient (Wildman–Crippen LogP) is 4.79. The summed E-state index contributed by atoms with van der Waals surface area (Å²) in [6.07, 6.45) is 3.72. The fraction of sp³-hybridized carbons (Fsp3) is 0.231. The molecule has 170 valence electrons. The van der Waals surface area contributed by atoms with E-state index in [-0.39, 0.29) is 17.2 Å². The zero-order chi connectivity index (χ0) is 23.5. The van der Waals surface area contributed by atoms with Crippen molar-refractivity contribution in [2.75, 3.05) is 11.1 Å². The molecule has 2 aromatic carbocycles. The zero-order valence-corrected chi connectivity index (χ0v) is 20.0. The van der Waals surface area contributed by atoms with Crippen LogP contribution in [0, 0.1) is 11.3 Å². The first kappa shape index (κ1) is 22.4. The second-order valence-electron chi connectivity index (χ2n) is 8.12. The van der Waals surface area contributed by atoms with E-state index in [9.17, 15) is 14.9 Å². The van der Waals surface area contributed by atoms with Crippen LogP contribution in [-0.2, 0) is 30.6 Å². The molecule has 2 heterocycles. The van der Waals surface area contributed by atoms with Crippen LogP contribution in [0.3, 0.4) is 0 Å². The first-order valence-electron chi connectivity index (χ1n) is 11.1. The molecule has 0 saturated heterocycles. The van der Waals surface area contributed by atoms with Gasteiger partial charge >= 0.3 is 0 Å². The lowest BCUT2D eigenvalue weighted by Crippen LogP contribution is -2.25. The Bertz CT molecular complexity index is 1470. The lowest BCUT2D eigenvalue weighted by molar-refractivity contribution is -0.113. The highest BCUT2D eigenvalue weighted by atomic mass is 32.2. The van der Waals surface area contributed by atoms with E-state index in [4.69, 9.17) is 4.98 Å². The molecule has 2 aromatic heterocycles. The molecule has 0 fully saturated rings. The van der Waals surface area contributed by atoms with Gasteiger partial charge in [-0.2, -0.15) is 5.26 Å². The van der Waals surface area contributed by atoms with Gasteiger partial charge in [-0.1, -0.05) is 54.2 Å². The Morgan fingerprint density at radius 2 is 1.94 bits per heavy atom. The molecule has 5 rings (SSSR count). The van der Waals surface area contributed by atoms with Crippen LogP contribution in [-0.4, -0.2) is 21.2 Å². The number of carbonyl (C=O) groups excluding carboxylic acids is 1. The second-order valence-corrected chi connectivity index (χ2v) is 10.1. The molecule has 0 aliphatic heterocycles. The summed E-state index contributed by atoms with van der Waals surface area (Å²) in [6, 6.07) is 19.0. The third-order valence-corrected chi connectivity index (χ3v) is 8.07. The van der Waals surface area contributed by atoms with Crippen molar-refractivity contribution in [3.05, 3.63) is 86.5 Å². The number of hydrogen-bond donors (Lipinski definition) is 1. The maximum atomic E-state index is 13.6. The molecule has 1 aliphatic carbocycles. The Morgan fingerprint density at radius 1 is 1.15 bits per heavy atom. The van der Waals surface area contributed by atoms with Crippen molar-refractivity contribution in [1.29, 1.82) is 5.26 Å². The van der Waals surface area contributed by atoms with Crippen molar-refractivity contribution in [2.24, 2.45) is 0 Å².